The molecular weight excluding hydrogens is 106 g/mol. The highest BCUT2D eigenvalue weighted by molar-refractivity contribution is 4.71. The highest BCUT2D eigenvalue weighted by atomic mass is 16.6. The molecule has 0 aromatic rings. The van der Waals surface area contributed by atoms with Crippen molar-refractivity contribution in [2.24, 2.45) is 5.73 Å². The summed E-state index contributed by atoms with van der Waals surface area (Å²) in [5.74, 6) is 0. The standard InChI is InChI=1S/C3H7NO.C2H4O/c1-2-3(4)5-2;1-2-3-1/h2-3H,4H2,1H3;1-2H2. The molecule has 0 saturated carbocycles. The van der Waals surface area contributed by atoms with Gasteiger partial charge in [-0.25, -0.2) is 0 Å². The summed E-state index contributed by atoms with van der Waals surface area (Å²) in [5, 5.41) is 0. The summed E-state index contributed by atoms with van der Waals surface area (Å²) in [7, 11) is 0. The van der Waals surface area contributed by atoms with Gasteiger partial charge in [-0.3, -0.25) is 0 Å². The number of nitrogens with two attached hydrogens (primary N) is 1. The van der Waals surface area contributed by atoms with Crippen LogP contribution in [-0.2, 0) is 9.47 Å². The van der Waals surface area contributed by atoms with E-state index in [1.165, 1.54) is 0 Å². The van der Waals surface area contributed by atoms with E-state index in [4.69, 9.17) is 10.5 Å². The number of ether oxygens (including phenoxy) is 2. The molecule has 0 aromatic heterocycles. The van der Waals surface area contributed by atoms with Gasteiger partial charge >= 0.3 is 0 Å². The lowest BCUT2D eigenvalue weighted by atomic mass is 10.5. The highest BCUT2D eigenvalue weighted by Crippen LogP contribution is 2.12. The fourth-order valence-corrected chi connectivity index (χ4v) is 0.202. The average molecular weight is 117 g/mol. The Kier molecular flexibility index (Phi) is 1.83. The van der Waals surface area contributed by atoms with Gasteiger partial charge in [0.2, 0.25) is 0 Å². The summed E-state index contributed by atoms with van der Waals surface area (Å²) in [6, 6.07) is 0. The van der Waals surface area contributed by atoms with Crippen LogP contribution in [0.1, 0.15) is 6.92 Å². The maximum absolute atomic E-state index is 5.14. The number of rotatable bonds is 0. The molecule has 0 aromatic carbocycles. The Morgan fingerprint density at radius 3 is 1.75 bits per heavy atom. The molecule has 0 radical (unpaired) electrons. The molecule has 2 aliphatic rings. The van der Waals surface area contributed by atoms with Gasteiger partial charge in [-0.2, -0.15) is 0 Å². The fourth-order valence-electron chi connectivity index (χ4n) is 0.202. The minimum atomic E-state index is 0.0509. The second-order valence-corrected chi connectivity index (χ2v) is 1.92. The molecule has 2 fully saturated rings. The van der Waals surface area contributed by atoms with Crippen LogP contribution in [0.15, 0.2) is 0 Å². The van der Waals surface area contributed by atoms with Crippen LogP contribution in [0, 0.1) is 0 Å². The number of hydrogen-bond donors (Lipinski definition) is 1. The Balaban J connectivity index is 0.0000000907. The van der Waals surface area contributed by atoms with Gasteiger partial charge < -0.3 is 15.2 Å². The van der Waals surface area contributed by atoms with Crippen molar-refractivity contribution in [3.05, 3.63) is 0 Å². The van der Waals surface area contributed by atoms with Crippen molar-refractivity contribution in [3.8, 4) is 0 Å². The van der Waals surface area contributed by atoms with Crippen molar-refractivity contribution >= 4 is 0 Å². The summed E-state index contributed by atoms with van der Waals surface area (Å²) in [4.78, 5) is 0. The molecule has 0 aliphatic carbocycles. The molecule has 8 heavy (non-hydrogen) atoms. The van der Waals surface area contributed by atoms with Crippen LogP contribution >= 0.6 is 0 Å². The molecule has 2 atom stereocenters. The van der Waals surface area contributed by atoms with Crippen molar-refractivity contribution in [1.82, 2.24) is 0 Å². The third-order valence-electron chi connectivity index (χ3n) is 0.962. The molecular formula is C5H11NO2. The van der Waals surface area contributed by atoms with Crippen molar-refractivity contribution in [3.63, 3.8) is 0 Å². The minimum Gasteiger partial charge on any atom is -0.377 e. The molecule has 0 bridgehead atoms. The lowest BCUT2D eigenvalue weighted by Crippen LogP contribution is -2.01. The SMILES string of the molecule is C1CO1.CC1OC1N. The molecule has 2 unspecified atom stereocenters. The summed E-state index contributed by atoms with van der Waals surface area (Å²) < 4.78 is 9.19. The van der Waals surface area contributed by atoms with Crippen LogP contribution in [0.4, 0.5) is 0 Å². The van der Waals surface area contributed by atoms with E-state index in [0.29, 0.717) is 6.10 Å². The second kappa shape index (κ2) is 2.44. The molecule has 3 nitrogen and oxygen atoms in total. The molecule has 2 saturated heterocycles. The van der Waals surface area contributed by atoms with Gasteiger partial charge in [-0.15, -0.1) is 0 Å². The number of epoxide rings is 2. The predicted molar refractivity (Wildman–Crippen MR) is 29.3 cm³/mol. The monoisotopic (exact) mass is 117 g/mol. The van der Waals surface area contributed by atoms with Crippen LogP contribution in [0.25, 0.3) is 0 Å². The van der Waals surface area contributed by atoms with Crippen molar-refractivity contribution in [2.45, 2.75) is 19.3 Å². The Morgan fingerprint density at radius 2 is 1.75 bits per heavy atom. The molecule has 48 valence electrons. The normalized spacial score (nSPS) is 39.8. The summed E-state index contributed by atoms with van der Waals surface area (Å²) in [5.41, 5.74) is 5.14. The Morgan fingerprint density at radius 1 is 1.50 bits per heavy atom. The molecule has 0 amide bonds. The van der Waals surface area contributed by atoms with E-state index in [2.05, 4.69) is 4.74 Å². The van der Waals surface area contributed by atoms with Crippen LogP contribution in [0.5, 0.6) is 0 Å². The van der Waals surface area contributed by atoms with Crippen LogP contribution < -0.4 is 5.73 Å². The third-order valence-corrected chi connectivity index (χ3v) is 0.962. The van der Waals surface area contributed by atoms with Crippen molar-refractivity contribution < 1.29 is 9.47 Å². The van der Waals surface area contributed by atoms with E-state index in [1.54, 1.807) is 0 Å². The first-order chi connectivity index (χ1) is 3.80. The Bertz CT molecular complexity index is 66.1. The van der Waals surface area contributed by atoms with E-state index >= 15 is 0 Å². The van der Waals surface area contributed by atoms with E-state index in [9.17, 15) is 0 Å². The van der Waals surface area contributed by atoms with Gasteiger partial charge in [0, 0.05) is 0 Å². The summed E-state index contributed by atoms with van der Waals surface area (Å²) in [6.45, 7) is 3.95. The van der Waals surface area contributed by atoms with Gasteiger partial charge in [-0.05, 0) is 6.92 Å². The zero-order valence-corrected chi connectivity index (χ0v) is 4.96. The van der Waals surface area contributed by atoms with Gasteiger partial charge in [0.25, 0.3) is 0 Å². The second-order valence-electron chi connectivity index (χ2n) is 1.92. The van der Waals surface area contributed by atoms with Crippen LogP contribution in [-0.4, -0.2) is 25.5 Å². The maximum Gasteiger partial charge on any atom is 0.132 e. The molecule has 2 N–H and O–H groups in total. The van der Waals surface area contributed by atoms with Crippen LogP contribution in [0.3, 0.4) is 0 Å². The molecule has 0 spiro atoms. The molecule has 2 rings (SSSR count). The lowest BCUT2D eigenvalue weighted by Gasteiger charge is -1.60. The van der Waals surface area contributed by atoms with Gasteiger partial charge in [-0.1, -0.05) is 0 Å². The smallest absolute Gasteiger partial charge is 0.132 e. The van der Waals surface area contributed by atoms with E-state index < -0.39 is 0 Å². The largest absolute Gasteiger partial charge is 0.377 e. The predicted octanol–water partition coefficient (Wildman–Crippen LogP) is -0.294. The van der Waals surface area contributed by atoms with Crippen LogP contribution in [0.2, 0.25) is 0 Å². The van der Waals surface area contributed by atoms with Gasteiger partial charge in [0.05, 0.1) is 19.3 Å². The maximum atomic E-state index is 5.14. The Labute approximate surface area is 48.8 Å². The van der Waals surface area contributed by atoms with Crippen molar-refractivity contribution in [1.29, 1.82) is 0 Å². The quantitative estimate of drug-likeness (QED) is 0.443. The average Bonchev–Trinajstić information content (AvgIpc) is 2.44. The fraction of sp³-hybridized carbons (Fsp3) is 1.00. The summed E-state index contributed by atoms with van der Waals surface area (Å²) >= 11 is 0. The first-order valence-electron chi connectivity index (χ1n) is 2.79. The third kappa shape index (κ3) is 2.96. The number of hydrogen-bond acceptors (Lipinski definition) is 3. The molecule has 3 heteroatoms. The zero-order valence-electron chi connectivity index (χ0n) is 4.96. The van der Waals surface area contributed by atoms with Crippen molar-refractivity contribution in [2.75, 3.05) is 13.2 Å². The Hall–Kier alpha value is -0.120. The lowest BCUT2D eigenvalue weighted by molar-refractivity contribution is 0.383. The first kappa shape index (κ1) is 6.01. The van der Waals surface area contributed by atoms with Gasteiger partial charge in [0.1, 0.15) is 6.23 Å². The minimum absolute atomic E-state index is 0.0509. The van der Waals surface area contributed by atoms with Gasteiger partial charge in [0.15, 0.2) is 0 Å². The molecule has 2 heterocycles. The topological polar surface area (TPSA) is 51.1 Å². The highest BCUT2D eigenvalue weighted by Gasteiger charge is 2.28. The molecule has 2 aliphatic heterocycles. The first-order valence-corrected chi connectivity index (χ1v) is 2.79. The van der Waals surface area contributed by atoms with E-state index in [0.717, 1.165) is 13.2 Å². The van der Waals surface area contributed by atoms with E-state index in [-0.39, 0.29) is 6.23 Å². The zero-order chi connectivity index (χ0) is 5.98. The summed E-state index contributed by atoms with van der Waals surface area (Å²) in [6.07, 6.45) is 0.380. The van der Waals surface area contributed by atoms with E-state index in [1.807, 2.05) is 6.92 Å².